The molecule has 0 bridgehead atoms. The summed E-state index contributed by atoms with van der Waals surface area (Å²) in [5.74, 6) is 0.985. The number of benzene rings is 2. The zero-order chi connectivity index (χ0) is 22.0. The average molecular weight is 418 g/mol. The van der Waals surface area contributed by atoms with Gasteiger partial charge in [0.1, 0.15) is 5.82 Å². The normalized spacial score (nSPS) is 12.5. The predicted molar refractivity (Wildman–Crippen MR) is 122 cm³/mol. The molecule has 2 aromatic heterocycles. The standard InChI is InChI=1S/C24H27N5O2/c1-16(2)22(23-26-19-11-6-7-12-20(19)28(23)3)27-21(30)13-8-14-29-15-25-18-10-5-4-9-17(18)24(29)31/h4-7,9-12,15-16,22H,8,13-14H2,1-3H3,(H,27,30)/t22-/m1/s1. The molecule has 0 unspecified atom stereocenters. The zero-order valence-electron chi connectivity index (χ0n) is 18.1. The molecule has 0 saturated heterocycles. The van der Waals surface area contributed by atoms with Crippen LogP contribution in [0.15, 0.2) is 59.7 Å². The highest BCUT2D eigenvalue weighted by molar-refractivity contribution is 5.78. The largest absolute Gasteiger partial charge is 0.346 e. The SMILES string of the molecule is CC(C)[C@@H](NC(=O)CCCn1cnc2ccccc2c1=O)c1nc2ccccc2n1C. The van der Waals surface area contributed by atoms with Gasteiger partial charge in [-0.2, -0.15) is 0 Å². The van der Waals surface area contributed by atoms with Crippen LogP contribution in [0.2, 0.25) is 0 Å². The van der Waals surface area contributed by atoms with Gasteiger partial charge in [0, 0.05) is 20.0 Å². The number of para-hydroxylation sites is 3. The first-order chi connectivity index (χ1) is 15.0. The smallest absolute Gasteiger partial charge is 0.261 e. The molecule has 0 aliphatic rings. The van der Waals surface area contributed by atoms with Crippen LogP contribution in [0.3, 0.4) is 0 Å². The van der Waals surface area contributed by atoms with E-state index in [1.54, 1.807) is 17.0 Å². The molecule has 1 N–H and O–H groups in total. The highest BCUT2D eigenvalue weighted by Gasteiger charge is 2.23. The molecule has 7 nitrogen and oxygen atoms in total. The van der Waals surface area contributed by atoms with Crippen LogP contribution in [0.25, 0.3) is 21.9 Å². The van der Waals surface area contributed by atoms with E-state index in [2.05, 4.69) is 24.1 Å². The predicted octanol–water partition coefficient (Wildman–Crippen LogP) is 3.58. The Kier molecular flexibility index (Phi) is 5.84. The Morgan fingerprint density at radius 1 is 1.06 bits per heavy atom. The molecule has 4 rings (SSSR count). The molecule has 0 aliphatic heterocycles. The number of carbonyl (C=O) groups excluding carboxylic acids is 1. The Morgan fingerprint density at radius 3 is 2.52 bits per heavy atom. The van der Waals surface area contributed by atoms with Crippen molar-refractivity contribution in [3.05, 3.63) is 71.0 Å². The summed E-state index contributed by atoms with van der Waals surface area (Å²) in [5.41, 5.74) is 2.57. The van der Waals surface area contributed by atoms with Crippen molar-refractivity contribution in [3.8, 4) is 0 Å². The molecule has 0 spiro atoms. The van der Waals surface area contributed by atoms with E-state index in [1.807, 2.05) is 54.1 Å². The molecule has 7 heteroatoms. The second kappa shape index (κ2) is 8.71. The van der Waals surface area contributed by atoms with Crippen LogP contribution in [0, 0.1) is 5.92 Å². The van der Waals surface area contributed by atoms with Crippen molar-refractivity contribution < 1.29 is 4.79 Å². The fourth-order valence-corrected chi connectivity index (χ4v) is 3.89. The van der Waals surface area contributed by atoms with Gasteiger partial charge in [0.05, 0.1) is 34.3 Å². The first kappa shape index (κ1) is 20.8. The fourth-order valence-electron chi connectivity index (χ4n) is 3.89. The maximum Gasteiger partial charge on any atom is 0.261 e. The molecule has 0 radical (unpaired) electrons. The molecular formula is C24H27N5O2. The molecule has 1 amide bonds. The van der Waals surface area contributed by atoms with Crippen LogP contribution in [0.1, 0.15) is 38.6 Å². The Hall–Kier alpha value is -3.48. The number of nitrogens with zero attached hydrogens (tertiary/aromatic N) is 4. The first-order valence-corrected chi connectivity index (χ1v) is 10.6. The van der Waals surface area contributed by atoms with Crippen LogP contribution in [-0.4, -0.2) is 25.0 Å². The van der Waals surface area contributed by atoms with E-state index in [1.165, 1.54) is 0 Å². The van der Waals surface area contributed by atoms with Crippen molar-refractivity contribution in [1.29, 1.82) is 0 Å². The summed E-state index contributed by atoms with van der Waals surface area (Å²) in [5, 5.41) is 3.73. The average Bonchev–Trinajstić information content (AvgIpc) is 3.10. The molecule has 2 aromatic carbocycles. The molecule has 160 valence electrons. The monoisotopic (exact) mass is 417 g/mol. The summed E-state index contributed by atoms with van der Waals surface area (Å²) in [6.45, 7) is 4.60. The Balaban J connectivity index is 1.43. The summed E-state index contributed by atoms with van der Waals surface area (Å²) in [4.78, 5) is 34.4. The number of hydrogen-bond acceptors (Lipinski definition) is 4. The van der Waals surface area contributed by atoms with Crippen molar-refractivity contribution in [2.45, 2.75) is 39.3 Å². The minimum absolute atomic E-state index is 0.0486. The second-order valence-corrected chi connectivity index (χ2v) is 8.17. The number of aromatic nitrogens is 4. The van der Waals surface area contributed by atoms with Gasteiger partial charge >= 0.3 is 0 Å². The Labute approximate surface area is 180 Å². The number of fused-ring (bicyclic) bond motifs is 2. The van der Waals surface area contributed by atoms with Crippen molar-refractivity contribution in [1.82, 2.24) is 24.4 Å². The molecule has 0 saturated carbocycles. The lowest BCUT2D eigenvalue weighted by atomic mass is 10.0. The minimum Gasteiger partial charge on any atom is -0.346 e. The summed E-state index contributed by atoms with van der Waals surface area (Å²) in [7, 11) is 1.98. The first-order valence-electron chi connectivity index (χ1n) is 10.6. The molecule has 31 heavy (non-hydrogen) atoms. The quantitative estimate of drug-likeness (QED) is 0.498. The van der Waals surface area contributed by atoms with E-state index in [9.17, 15) is 9.59 Å². The van der Waals surface area contributed by atoms with Crippen LogP contribution < -0.4 is 10.9 Å². The number of hydrogen-bond donors (Lipinski definition) is 1. The Morgan fingerprint density at radius 2 is 1.77 bits per heavy atom. The maximum absolute atomic E-state index is 12.7. The van der Waals surface area contributed by atoms with Crippen LogP contribution >= 0.6 is 0 Å². The van der Waals surface area contributed by atoms with Gasteiger partial charge in [0.2, 0.25) is 5.91 Å². The van der Waals surface area contributed by atoms with Gasteiger partial charge < -0.3 is 9.88 Å². The van der Waals surface area contributed by atoms with Crippen molar-refractivity contribution in [3.63, 3.8) is 0 Å². The van der Waals surface area contributed by atoms with E-state index in [4.69, 9.17) is 4.98 Å². The lowest BCUT2D eigenvalue weighted by Gasteiger charge is -2.22. The van der Waals surface area contributed by atoms with Gasteiger partial charge in [0.15, 0.2) is 0 Å². The van der Waals surface area contributed by atoms with Crippen LogP contribution in [-0.2, 0) is 18.4 Å². The summed E-state index contributed by atoms with van der Waals surface area (Å²) in [6.07, 6.45) is 2.44. The van der Waals surface area contributed by atoms with Crippen molar-refractivity contribution in [2.75, 3.05) is 0 Å². The molecule has 0 fully saturated rings. The molecule has 2 heterocycles. The summed E-state index contributed by atoms with van der Waals surface area (Å²) < 4.78 is 3.61. The summed E-state index contributed by atoms with van der Waals surface area (Å²) in [6, 6.07) is 15.1. The van der Waals surface area contributed by atoms with Gasteiger partial charge in [-0.3, -0.25) is 14.2 Å². The lowest BCUT2D eigenvalue weighted by molar-refractivity contribution is -0.122. The number of aryl methyl sites for hydroxylation is 2. The third-order valence-electron chi connectivity index (χ3n) is 5.62. The van der Waals surface area contributed by atoms with E-state index >= 15 is 0 Å². The Bertz CT molecular complexity index is 1290. The number of rotatable bonds is 7. The van der Waals surface area contributed by atoms with Gasteiger partial charge in [-0.1, -0.05) is 38.1 Å². The number of carbonyl (C=O) groups is 1. The molecule has 4 aromatic rings. The second-order valence-electron chi connectivity index (χ2n) is 8.17. The highest BCUT2D eigenvalue weighted by Crippen LogP contribution is 2.25. The van der Waals surface area contributed by atoms with Crippen LogP contribution in [0.5, 0.6) is 0 Å². The van der Waals surface area contributed by atoms with E-state index in [0.717, 1.165) is 16.9 Å². The van der Waals surface area contributed by atoms with Crippen molar-refractivity contribution >= 4 is 27.8 Å². The van der Waals surface area contributed by atoms with Gasteiger partial charge in [-0.25, -0.2) is 9.97 Å². The van der Waals surface area contributed by atoms with E-state index in [0.29, 0.717) is 30.3 Å². The van der Waals surface area contributed by atoms with Gasteiger partial charge in [-0.15, -0.1) is 0 Å². The van der Waals surface area contributed by atoms with E-state index in [-0.39, 0.29) is 23.4 Å². The maximum atomic E-state index is 12.7. The van der Waals surface area contributed by atoms with Gasteiger partial charge in [0.25, 0.3) is 5.56 Å². The van der Waals surface area contributed by atoms with E-state index < -0.39 is 0 Å². The third kappa shape index (κ3) is 4.21. The third-order valence-corrected chi connectivity index (χ3v) is 5.62. The number of nitrogens with one attached hydrogen (secondary N) is 1. The fraction of sp³-hybridized carbons (Fsp3) is 0.333. The zero-order valence-corrected chi connectivity index (χ0v) is 18.1. The molecular weight excluding hydrogens is 390 g/mol. The summed E-state index contributed by atoms with van der Waals surface area (Å²) >= 11 is 0. The highest BCUT2D eigenvalue weighted by atomic mass is 16.1. The molecule has 1 atom stereocenters. The van der Waals surface area contributed by atoms with Crippen LogP contribution in [0.4, 0.5) is 0 Å². The minimum atomic E-state index is -0.185. The number of amides is 1. The number of imidazole rings is 1. The topological polar surface area (TPSA) is 81.8 Å². The lowest BCUT2D eigenvalue weighted by Crippen LogP contribution is -2.33. The molecule has 0 aliphatic carbocycles. The van der Waals surface area contributed by atoms with Crippen molar-refractivity contribution in [2.24, 2.45) is 13.0 Å². The van der Waals surface area contributed by atoms with Gasteiger partial charge in [-0.05, 0) is 36.6 Å².